The van der Waals surface area contributed by atoms with Gasteiger partial charge in [-0.1, -0.05) is 12.1 Å². The first kappa shape index (κ1) is 18.2. The fourth-order valence-corrected chi connectivity index (χ4v) is 3.76. The van der Waals surface area contributed by atoms with E-state index in [1.165, 1.54) is 17.7 Å². The molecule has 144 valence electrons. The van der Waals surface area contributed by atoms with Crippen molar-refractivity contribution in [2.75, 3.05) is 7.11 Å². The molecule has 6 nitrogen and oxygen atoms in total. The second-order valence-electron chi connectivity index (χ2n) is 6.91. The van der Waals surface area contributed by atoms with E-state index in [0.29, 0.717) is 29.6 Å². The average Bonchev–Trinajstić information content (AvgIpc) is 3.05. The molecule has 4 rings (SSSR count). The van der Waals surface area contributed by atoms with Crippen LogP contribution >= 0.6 is 0 Å². The van der Waals surface area contributed by atoms with Gasteiger partial charge in [0.25, 0.3) is 5.56 Å². The molecule has 1 aliphatic rings. The van der Waals surface area contributed by atoms with Crippen molar-refractivity contribution in [3.05, 3.63) is 69.5 Å². The van der Waals surface area contributed by atoms with Gasteiger partial charge in [-0.2, -0.15) is 0 Å². The number of halogens is 1. The van der Waals surface area contributed by atoms with Gasteiger partial charge < -0.3 is 10.1 Å². The highest BCUT2D eigenvalue weighted by molar-refractivity contribution is 5.79. The third-order valence-electron chi connectivity index (χ3n) is 5.18. The molecule has 1 atom stereocenters. The number of hydrogen-bond donors (Lipinski definition) is 1. The smallest absolute Gasteiger partial charge is 0.261 e. The van der Waals surface area contributed by atoms with Crippen LogP contribution in [-0.4, -0.2) is 22.6 Å². The first-order valence-electron chi connectivity index (χ1n) is 9.10. The number of nitrogens with one attached hydrogen (secondary N) is 1. The van der Waals surface area contributed by atoms with Crippen molar-refractivity contribution in [2.45, 2.75) is 32.4 Å². The van der Waals surface area contributed by atoms with E-state index in [1.807, 2.05) is 6.07 Å². The number of methoxy groups -OCH3 is 1. The third kappa shape index (κ3) is 3.13. The molecule has 3 aromatic rings. The van der Waals surface area contributed by atoms with E-state index < -0.39 is 5.82 Å². The van der Waals surface area contributed by atoms with Crippen LogP contribution < -0.4 is 15.6 Å². The molecule has 0 fully saturated rings. The van der Waals surface area contributed by atoms with Gasteiger partial charge in [0, 0.05) is 0 Å². The molecule has 0 aliphatic heterocycles. The van der Waals surface area contributed by atoms with Gasteiger partial charge in [0.05, 0.1) is 24.1 Å². The zero-order valence-corrected chi connectivity index (χ0v) is 15.7. The number of benzene rings is 2. The van der Waals surface area contributed by atoms with Gasteiger partial charge in [-0.25, -0.2) is 9.37 Å². The lowest BCUT2D eigenvalue weighted by Gasteiger charge is -2.16. The highest BCUT2D eigenvalue weighted by Crippen LogP contribution is 2.35. The zero-order chi connectivity index (χ0) is 19.8. The monoisotopic (exact) mass is 381 g/mol. The Balaban J connectivity index is 1.57. The van der Waals surface area contributed by atoms with Crippen LogP contribution in [0.25, 0.3) is 10.9 Å². The Labute approximate surface area is 161 Å². The van der Waals surface area contributed by atoms with E-state index in [-0.39, 0.29) is 29.8 Å². The van der Waals surface area contributed by atoms with Crippen molar-refractivity contribution >= 4 is 16.8 Å². The predicted octanol–water partition coefficient (Wildman–Crippen LogP) is 2.66. The second-order valence-corrected chi connectivity index (χ2v) is 6.91. The number of carbonyl (C=O) groups is 1. The number of fused-ring (bicyclic) bond motifs is 2. The molecule has 0 saturated heterocycles. The summed E-state index contributed by atoms with van der Waals surface area (Å²) in [4.78, 5) is 29.8. The SMILES string of the molecule is COc1cc2c(cc1F)CCC2NC(=O)Cn1c(C)nc2ccccc2c1=O. The predicted molar refractivity (Wildman–Crippen MR) is 103 cm³/mol. The fraction of sp³-hybridized carbons (Fsp3) is 0.286. The van der Waals surface area contributed by atoms with Crippen LogP contribution in [0, 0.1) is 12.7 Å². The van der Waals surface area contributed by atoms with Crippen molar-refractivity contribution in [3.63, 3.8) is 0 Å². The summed E-state index contributed by atoms with van der Waals surface area (Å²) >= 11 is 0. The Hall–Kier alpha value is -3.22. The van der Waals surface area contributed by atoms with Crippen LogP contribution in [0.1, 0.15) is 29.4 Å². The van der Waals surface area contributed by atoms with Crippen LogP contribution in [0.15, 0.2) is 41.2 Å². The summed E-state index contributed by atoms with van der Waals surface area (Å²) in [6.07, 6.45) is 1.36. The van der Waals surface area contributed by atoms with Gasteiger partial charge in [-0.15, -0.1) is 0 Å². The molecular weight excluding hydrogens is 361 g/mol. The number of hydrogen-bond acceptors (Lipinski definition) is 4. The maximum Gasteiger partial charge on any atom is 0.261 e. The molecule has 0 saturated carbocycles. The Morgan fingerprint density at radius 3 is 2.93 bits per heavy atom. The Bertz CT molecular complexity index is 1140. The topological polar surface area (TPSA) is 73.2 Å². The van der Waals surface area contributed by atoms with Crippen molar-refractivity contribution < 1.29 is 13.9 Å². The number of nitrogens with zero attached hydrogens (tertiary/aromatic N) is 2. The first-order chi connectivity index (χ1) is 13.5. The Morgan fingerprint density at radius 1 is 1.36 bits per heavy atom. The molecule has 0 bridgehead atoms. The standard InChI is InChI=1S/C21H20FN3O3/c1-12-23-17-6-4-3-5-14(17)21(27)25(12)11-20(26)24-18-8-7-13-9-16(22)19(28-2)10-15(13)18/h3-6,9-10,18H,7-8,11H2,1-2H3,(H,24,26). The van der Waals surface area contributed by atoms with Crippen molar-refractivity contribution in [3.8, 4) is 5.75 Å². The van der Waals surface area contributed by atoms with Gasteiger partial charge >= 0.3 is 0 Å². The lowest BCUT2D eigenvalue weighted by molar-refractivity contribution is -0.122. The van der Waals surface area contributed by atoms with Crippen LogP contribution in [0.2, 0.25) is 0 Å². The Kier molecular flexibility index (Phi) is 4.58. The highest BCUT2D eigenvalue weighted by atomic mass is 19.1. The number of amides is 1. The number of carbonyl (C=O) groups excluding carboxylic acids is 1. The number of aryl methyl sites for hydroxylation is 2. The molecule has 0 spiro atoms. The van der Waals surface area contributed by atoms with Crippen molar-refractivity contribution in [2.24, 2.45) is 0 Å². The molecular formula is C21H20FN3O3. The molecule has 1 aliphatic carbocycles. The quantitative estimate of drug-likeness (QED) is 0.754. The van der Waals surface area contributed by atoms with Crippen LogP contribution in [-0.2, 0) is 17.8 Å². The summed E-state index contributed by atoms with van der Waals surface area (Å²) in [5.41, 5.74) is 2.09. The molecule has 0 radical (unpaired) electrons. The number of rotatable bonds is 4. The molecule has 1 unspecified atom stereocenters. The van der Waals surface area contributed by atoms with Gasteiger partial charge in [0.1, 0.15) is 12.4 Å². The molecule has 1 N–H and O–H groups in total. The molecule has 1 aromatic heterocycles. The summed E-state index contributed by atoms with van der Waals surface area (Å²) in [7, 11) is 1.41. The van der Waals surface area contributed by atoms with E-state index in [4.69, 9.17) is 4.74 Å². The fourth-order valence-electron chi connectivity index (χ4n) is 3.76. The summed E-state index contributed by atoms with van der Waals surface area (Å²) < 4.78 is 20.3. The number of aromatic nitrogens is 2. The van der Waals surface area contributed by atoms with E-state index >= 15 is 0 Å². The number of ether oxygens (including phenoxy) is 1. The van der Waals surface area contributed by atoms with Gasteiger partial charge in [0.15, 0.2) is 11.6 Å². The van der Waals surface area contributed by atoms with E-state index in [1.54, 1.807) is 31.2 Å². The van der Waals surface area contributed by atoms with E-state index in [0.717, 1.165) is 11.1 Å². The summed E-state index contributed by atoms with van der Waals surface area (Å²) in [5, 5.41) is 3.43. The molecule has 1 heterocycles. The van der Waals surface area contributed by atoms with Crippen LogP contribution in [0.5, 0.6) is 5.75 Å². The highest BCUT2D eigenvalue weighted by Gasteiger charge is 2.26. The van der Waals surface area contributed by atoms with E-state index in [2.05, 4.69) is 10.3 Å². The van der Waals surface area contributed by atoms with Gasteiger partial charge in [0.2, 0.25) is 5.91 Å². The summed E-state index contributed by atoms with van der Waals surface area (Å²) in [6, 6.07) is 9.93. The average molecular weight is 381 g/mol. The molecule has 1 amide bonds. The lowest BCUT2D eigenvalue weighted by Crippen LogP contribution is -2.35. The number of para-hydroxylation sites is 1. The molecule has 2 aromatic carbocycles. The largest absolute Gasteiger partial charge is 0.494 e. The summed E-state index contributed by atoms with van der Waals surface area (Å²) in [5.74, 6) is -0.0545. The summed E-state index contributed by atoms with van der Waals surface area (Å²) in [6.45, 7) is 1.59. The van der Waals surface area contributed by atoms with E-state index in [9.17, 15) is 14.0 Å². The normalized spacial score (nSPS) is 15.5. The maximum absolute atomic E-state index is 13.9. The minimum absolute atomic E-state index is 0.118. The van der Waals surface area contributed by atoms with Crippen LogP contribution in [0.3, 0.4) is 0 Å². The maximum atomic E-state index is 13.9. The lowest BCUT2D eigenvalue weighted by atomic mass is 10.1. The Morgan fingerprint density at radius 2 is 2.14 bits per heavy atom. The van der Waals surface area contributed by atoms with Crippen LogP contribution in [0.4, 0.5) is 4.39 Å². The minimum atomic E-state index is -0.405. The minimum Gasteiger partial charge on any atom is -0.494 e. The third-order valence-corrected chi connectivity index (χ3v) is 5.18. The van der Waals surface area contributed by atoms with Gasteiger partial charge in [-0.05, 0) is 55.2 Å². The first-order valence-corrected chi connectivity index (χ1v) is 9.10. The van der Waals surface area contributed by atoms with Crippen molar-refractivity contribution in [1.29, 1.82) is 0 Å². The zero-order valence-electron chi connectivity index (χ0n) is 15.7. The van der Waals surface area contributed by atoms with Crippen molar-refractivity contribution in [1.82, 2.24) is 14.9 Å². The second kappa shape index (κ2) is 7.07. The van der Waals surface area contributed by atoms with Gasteiger partial charge in [-0.3, -0.25) is 14.2 Å². The molecule has 7 heteroatoms. The molecule has 28 heavy (non-hydrogen) atoms.